The van der Waals surface area contributed by atoms with Gasteiger partial charge in [-0.25, -0.2) is 9.59 Å². The Morgan fingerprint density at radius 2 is 1.87 bits per heavy atom. The number of rotatable bonds is 4. The van der Waals surface area contributed by atoms with Gasteiger partial charge in [0.2, 0.25) is 0 Å². The van der Waals surface area contributed by atoms with Crippen molar-refractivity contribution < 1.29 is 38.1 Å². The van der Waals surface area contributed by atoms with E-state index in [0.29, 0.717) is 19.4 Å². The molecule has 1 aromatic rings. The summed E-state index contributed by atoms with van der Waals surface area (Å²) in [5, 5.41) is 0. The first kappa shape index (κ1) is 21.6. The molecule has 0 saturated carbocycles. The minimum atomic E-state index is -0.748. The van der Waals surface area contributed by atoms with Gasteiger partial charge in [0.15, 0.2) is 0 Å². The smallest absolute Gasteiger partial charge is 0.346 e. The summed E-state index contributed by atoms with van der Waals surface area (Å²) >= 11 is 0. The molecule has 2 heterocycles. The Morgan fingerprint density at radius 3 is 2.63 bits per heavy atom. The molecule has 1 aromatic carbocycles. The third kappa shape index (κ3) is 5.93. The predicted molar refractivity (Wildman–Crippen MR) is 104 cm³/mol. The molecule has 3 rings (SSSR count). The predicted octanol–water partition coefficient (Wildman–Crippen LogP) is 2.61. The lowest BCUT2D eigenvalue weighted by molar-refractivity contribution is -0.151. The number of methoxy groups -OCH3 is 1. The molecule has 1 atom stereocenters. The molecule has 0 bridgehead atoms. The Balaban J connectivity index is 1.64. The van der Waals surface area contributed by atoms with Crippen molar-refractivity contribution in [1.82, 2.24) is 0 Å². The van der Waals surface area contributed by atoms with Gasteiger partial charge in [0.25, 0.3) is 0 Å². The molecule has 0 radical (unpaired) electrons. The zero-order chi connectivity index (χ0) is 21.3. The highest BCUT2D eigenvalue weighted by Crippen LogP contribution is 2.23. The molecule has 2 aliphatic rings. The number of carbonyl (C=O) groups excluding carboxylic acids is 3. The third-order valence-corrected chi connectivity index (χ3v) is 4.75. The highest BCUT2D eigenvalue weighted by molar-refractivity contribution is 6.14. The molecule has 160 valence electrons. The summed E-state index contributed by atoms with van der Waals surface area (Å²) in [5.74, 6) is -1.14. The van der Waals surface area contributed by atoms with Crippen LogP contribution in [-0.4, -0.2) is 44.3 Å². The Labute approximate surface area is 174 Å². The molecular formula is C22H24O8. The molecular weight excluding hydrogens is 392 g/mol. The van der Waals surface area contributed by atoms with Gasteiger partial charge in [-0.3, -0.25) is 4.79 Å². The molecule has 0 spiro atoms. The van der Waals surface area contributed by atoms with Crippen LogP contribution in [0.3, 0.4) is 0 Å². The second-order valence-corrected chi connectivity index (χ2v) is 6.85. The van der Waals surface area contributed by atoms with E-state index in [9.17, 15) is 14.4 Å². The van der Waals surface area contributed by atoms with Crippen LogP contribution in [0, 0.1) is 0 Å². The van der Waals surface area contributed by atoms with Crippen LogP contribution in [-0.2, 0) is 39.9 Å². The minimum absolute atomic E-state index is 0.00664. The second kappa shape index (κ2) is 10.6. The van der Waals surface area contributed by atoms with Crippen molar-refractivity contribution in [3.63, 3.8) is 0 Å². The number of hydrogen-bond acceptors (Lipinski definition) is 8. The molecule has 0 aromatic heterocycles. The minimum Gasteiger partial charge on any atom is -0.498 e. The van der Waals surface area contributed by atoms with E-state index in [-0.39, 0.29) is 43.3 Å². The Morgan fingerprint density at radius 1 is 1.07 bits per heavy atom. The second-order valence-electron chi connectivity index (χ2n) is 6.85. The van der Waals surface area contributed by atoms with E-state index >= 15 is 0 Å². The van der Waals surface area contributed by atoms with Crippen molar-refractivity contribution >= 4 is 17.9 Å². The number of benzene rings is 1. The lowest BCUT2D eigenvalue weighted by Gasteiger charge is -2.18. The van der Waals surface area contributed by atoms with Gasteiger partial charge in [-0.15, -0.1) is 0 Å². The van der Waals surface area contributed by atoms with Gasteiger partial charge < -0.3 is 23.7 Å². The molecule has 2 aliphatic heterocycles. The van der Waals surface area contributed by atoms with Crippen molar-refractivity contribution in [2.75, 3.05) is 20.3 Å². The van der Waals surface area contributed by atoms with Crippen LogP contribution in [0.15, 0.2) is 47.7 Å². The topological polar surface area (TPSA) is 97.4 Å². The van der Waals surface area contributed by atoms with Crippen molar-refractivity contribution in [1.29, 1.82) is 0 Å². The maximum Gasteiger partial charge on any atom is 0.346 e. The van der Waals surface area contributed by atoms with Crippen LogP contribution < -0.4 is 4.74 Å². The standard InChI is InChI=1S/C22H24O8/c1-26-16-6-4-15(5-7-16)13-29-17-3-2-11-28-20(23)9-8-18-19(10-12-27-14-17)22(25)30-21(18)24/h4-7,10,12,17H,2-3,8-9,11,13-14H2,1H3/b12-10+. The average Bonchev–Trinajstić information content (AvgIpc) is 3.02. The molecule has 8 heteroatoms. The number of cyclic esters (lactones) is 3. The van der Waals surface area contributed by atoms with Gasteiger partial charge in [-0.2, -0.15) is 0 Å². The van der Waals surface area contributed by atoms with E-state index in [1.54, 1.807) is 7.11 Å². The van der Waals surface area contributed by atoms with Crippen LogP contribution in [0.2, 0.25) is 0 Å². The Kier molecular flexibility index (Phi) is 7.62. The molecule has 30 heavy (non-hydrogen) atoms. The van der Waals surface area contributed by atoms with E-state index in [4.69, 9.17) is 18.9 Å². The van der Waals surface area contributed by atoms with Gasteiger partial charge >= 0.3 is 17.9 Å². The van der Waals surface area contributed by atoms with Crippen molar-refractivity contribution in [3.8, 4) is 5.75 Å². The number of ether oxygens (including phenoxy) is 5. The molecule has 0 aliphatic carbocycles. The third-order valence-electron chi connectivity index (χ3n) is 4.75. The first-order valence-corrected chi connectivity index (χ1v) is 9.75. The van der Waals surface area contributed by atoms with Gasteiger partial charge in [-0.05, 0) is 43.0 Å². The summed E-state index contributed by atoms with van der Waals surface area (Å²) < 4.78 is 26.5. The summed E-state index contributed by atoms with van der Waals surface area (Å²) in [4.78, 5) is 35.6. The monoisotopic (exact) mass is 416 g/mol. The van der Waals surface area contributed by atoms with Crippen molar-refractivity contribution in [2.24, 2.45) is 0 Å². The van der Waals surface area contributed by atoms with E-state index in [1.807, 2.05) is 24.3 Å². The van der Waals surface area contributed by atoms with E-state index in [0.717, 1.165) is 11.3 Å². The number of esters is 3. The van der Waals surface area contributed by atoms with Crippen molar-refractivity contribution in [2.45, 2.75) is 38.4 Å². The van der Waals surface area contributed by atoms with E-state index in [2.05, 4.69) is 4.74 Å². The molecule has 0 fully saturated rings. The maximum atomic E-state index is 11.9. The fourth-order valence-electron chi connectivity index (χ4n) is 3.07. The summed E-state index contributed by atoms with van der Waals surface area (Å²) in [7, 11) is 1.61. The first-order valence-electron chi connectivity index (χ1n) is 9.75. The zero-order valence-electron chi connectivity index (χ0n) is 16.8. The molecule has 0 N–H and O–H groups in total. The molecule has 1 unspecified atom stereocenters. The van der Waals surface area contributed by atoms with Crippen molar-refractivity contribution in [3.05, 3.63) is 53.3 Å². The van der Waals surface area contributed by atoms with Crippen LogP contribution in [0.5, 0.6) is 5.75 Å². The van der Waals surface area contributed by atoms with Crippen LogP contribution in [0.4, 0.5) is 0 Å². The average molecular weight is 416 g/mol. The first-order chi connectivity index (χ1) is 14.6. The van der Waals surface area contributed by atoms with Gasteiger partial charge in [0.1, 0.15) is 12.4 Å². The fraction of sp³-hybridized carbons (Fsp3) is 0.409. The lowest BCUT2D eigenvalue weighted by atomic mass is 10.1. The summed E-state index contributed by atoms with van der Waals surface area (Å²) in [6.07, 6.45) is 3.81. The maximum absolute atomic E-state index is 11.9. The normalized spacial score (nSPS) is 21.8. The Bertz CT molecular complexity index is 837. The van der Waals surface area contributed by atoms with Gasteiger partial charge in [0, 0.05) is 6.42 Å². The zero-order valence-corrected chi connectivity index (χ0v) is 16.8. The summed E-state index contributed by atoms with van der Waals surface area (Å²) in [6, 6.07) is 7.55. The SMILES string of the molecule is COc1ccc(COC2CCCOC(=O)CCC3=C(/C=C/OC2)C(=O)OC3=O)cc1. The number of hydrogen-bond donors (Lipinski definition) is 0. The lowest BCUT2D eigenvalue weighted by Crippen LogP contribution is -2.20. The van der Waals surface area contributed by atoms with E-state index in [1.165, 1.54) is 12.3 Å². The molecule has 0 saturated heterocycles. The van der Waals surface area contributed by atoms with Crippen LogP contribution in [0.25, 0.3) is 0 Å². The Hall–Kier alpha value is -3.13. The fourth-order valence-corrected chi connectivity index (χ4v) is 3.07. The van der Waals surface area contributed by atoms with Gasteiger partial charge in [-0.1, -0.05) is 12.1 Å². The largest absolute Gasteiger partial charge is 0.498 e. The molecule has 0 amide bonds. The summed E-state index contributed by atoms with van der Waals surface area (Å²) in [5.41, 5.74) is 1.24. The quantitative estimate of drug-likeness (QED) is 0.546. The van der Waals surface area contributed by atoms with E-state index < -0.39 is 17.9 Å². The highest BCUT2D eigenvalue weighted by atomic mass is 16.6. The number of carbonyl (C=O) groups is 3. The van der Waals surface area contributed by atoms with Gasteiger partial charge in [0.05, 0.1) is 43.8 Å². The van der Waals surface area contributed by atoms with Crippen LogP contribution in [0.1, 0.15) is 31.2 Å². The van der Waals surface area contributed by atoms with Crippen LogP contribution >= 0.6 is 0 Å². The highest BCUT2D eigenvalue weighted by Gasteiger charge is 2.31. The molecule has 8 nitrogen and oxygen atoms in total. The summed E-state index contributed by atoms with van der Waals surface area (Å²) in [6.45, 7) is 0.871.